The average Bonchev–Trinajstić information content (AvgIpc) is 2.27. The van der Waals surface area contributed by atoms with Crippen LogP contribution < -0.4 is 5.32 Å². The summed E-state index contributed by atoms with van der Waals surface area (Å²) < 4.78 is 0. The molecule has 0 radical (unpaired) electrons. The van der Waals surface area contributed by atoms with Crippen LogP contribution in [0, 0.1) is 0 Å². The first-order valence-corrected chi connectivity index (χ1v) is 4.92. The second-order valence-electron chi connectivity index (χ2n) is 3.13. The predicted octanol–water partition coefficient (Wildman–Crippen LogP) is 1.58. The lowest BCUT2D eigenvalue weighted by atomic mass is 10.1. The number of rotatable bonds is 2. The van der Waals surface area contributed by atoms with Crippen molar-refractivity contribution in [2.24, 2.45) is 0 Å². The molecule has 0 aliphatic rings. The van der Waals surface area contributed by atoms with Crippen molar-refractivity contribution < 1.29 is 0 Å². The molecule has 0 fully saturated rings. The monoisotopic (exact) mass is 209 g/mol. The standard InChI is InChI=1S/C10H15N3S/c1-8(13(3)10(14)11-2)9-5-4-6-12-7-9/h4-8H,1-3H3,(H,11,14). The van der Waals surface area contributed by atoms with Gasteiger partial charge in [-0.2, -0.15) is 0 Å². The molecule has 0 bridgehead atoms. The molecule has 1 N–H and O–H groups in total. The Bertz CT molecular complexity index is 299. The van der Waals surface area contributed by atoms with Crippen molar-refractivity contribution >= 4 is 17.3 Å². The Morgan fingerprint density at radius 2 is 2.36 bits per heavy atom. The van der Waals surface area contributed by atoms with Crippen LogP contribution in [0.3, 0.4) is 0 Å². The van der Waals surface area contributed by atoms with Gasteiger partial charge in [-0.1, -0.05) is 6.07 Å². The molecule has 0 amide bonds. The Balaban J connectivity index is 2.75. The highest BCUT2D eigenvalue weighted by atomic mass is 32.1. The maximum atomic E-state index is 5.15. The molecule has 0 spiro atoms. The lowest BCUT2D eigenvalue weighted by Gasteiger charge is -2.26. The minimum absolute atomic E-state index is 0.239. The molecule has 76 valence electrons. The van der Waals surface area contributed by atoms with Crippen LogP contribution >= 0.6 is 12.2 Å². The number of aromatic nitrogens is 1. The van der Waals surface area contributed by atoms with Crippen molar-refractivity contribution in [1.82, 2.24) is 15.2 Å². The summed E-state index contributed by atoms with van der Waals surface area (Å²) in [5, 5.41) is 3.69. The van der Waals surface area contributed by atoms with E-state index in [1.807, 2.05) is 37.3 Å². The third-order valence-corrected chi connectivity index (χ3v) is 2.77. The zero-order valence-corrected chi connectivity index (χ0v) is 9.51. The molecule has 0 saturated heterocycles. The highest BCUT2D eigenvalue weighted by Crippen LogP contribution is 2.16. The average molecular weight is 209 g/mol. The lowest BCUT2D eigenvalue weighted by molar-refractivity contribution is 0.398. The van der Waals surface area contributed by atoms with Crippen LogP contribution in [-0.4, -0.2) is 29.1 Å². The lowest BCUT2D eigenvalue weighted by Crippen LogP contribution is -2.36. The van der Waals surface area contributed by atoms with Gasteiger partial charge in [-0.15, -0.1) is 0 Å². The zero-order chi connectivity index (χ0) is 10.6. The molecule has 1 aromatic heterocycles. The van der Waals surface area contributed by atoms with Crippen molar-refractivity contribution in [2.75, 3.05) is 14.1 Å². The van der Waals surface area contributed by atoms with Gasteiger partial charge in [0.1, 0.15) is 0 Å². The topological polar surface area (TPSA) is 28.2 Å². The van der Waals surface area contributed by atoms with Gasteiger partial charge < -0.3 is 10.2 Å². The van der Waals surface area contributed by atoms with Crippen molar-refractivity contribution in [1.29, 1.82) is 0 Å². The molecule has 0 saturated carbocycles. The van der Waals surface area contributed by atoms with Gasteiger partial charge in [-0.3, -0.25) is 4.98 Å². The third-order valence-electron chi connectivity index (χ3n) is 2.28. The van der Waals surface area contributed by atoms with Crippen LogP contribution in [0.5, 0.6) is 0 Å². The molecule has 1 aromatic rings. The van der Waals surface area contributed by atoms with E-state index in [1.165, 1.54) is 0 Å². The van der Waals surface area contributed by atoms with E-state index in [2.05, 4.69) is 17.2 Å². The van der Waals surface area contributed by atoms with E-state index < -0.39 is 0 Å². The maximum absolute atomic E-state index is 5.15. The minimum Gasteiger partial charge on any atom is -0.366 e. The minimum atomic E-state index is 0.239. The summed E-state index contributed by atoms with van der Waals surface area (Å²) in [7, 11) is 3.80. The van der Waals surface area contributed by atoms with Crippen LogP contribution in [0.15, 0.2) is 24.5 Å². The Hall–Kier alpha value is -1.16. The molecule has 3 nitrogen and oxygen atoms in total. The van der Waals surface area contributed by atoms with E-state index in [1.54, 1.807) is 6.20 Å². The van der Waals surface area contributed by atoms with Crippen LogP contribution in [0.4, 0.5) is 0 Å². The molecule has 0 aliphatic heterocycles. The van der Waals surface area contributed by atoms with Crippen LogP contribution in [-0.2, 0) is 0 Å². The number of hydrogen-bond donors (Lipinski definition) is 1. The molecular formula is C10H15N3S. The van der Waals surface area contributed by atoms with Crippen LogP contribution in [0.2, 0.25) is 0 Å². The quantitative estimate of drug-likeness (QED) is 0.749. The second-order valence-corrected chi connectivity index (χ2v) is 3.52. The SMILES string of the molecule is CNC(=S)N(C)C(C)c1cccnc1. The highest BCUT2D eigenvalue weighted by molar-refractivity contribution is 7.80. The van der Waals surface area contributed by atoms with Gasteiger partial charge in [-0.05, 0) is 30.8 Å². The number of pyridine rings is 1. The van der Waals surface area contributed by atoms with Gasteiger partial charge in [-0.25, -0.2) is 0 Å². The first-order chi connectivity index (χ1) is 6.66. The molecule has 14 heavy (non-hydrogen) atoms. The third kappa shape index (κ3) is 2.42. The van der Waals surface area contributed by atoms with E-state index in [-0.39, 0.29) is 6.04 Å². The summed E-state index contributed by atoms with van der Waals surface area (Å²) in [5.41, 5.74) is 1.16. The summed E-state index contributed by atoms with van der Waals surface area (Å²) in [4.78, 5) is 6.09. The smallest absolute Gasteiger partial charge is 0.168 e. The fraction of sp³-hybridized carbons (Fsp3) is 0.400. The summed E-state index contributed by atoms with van der Waals surface area (Å²) in [6.45, 7) is 2.10. The summed E-state index contributed by atoms with van der Waals surface area (Å²) in [6, 6.07) is 4.22. The van der Waals surface area contributed by atoms with E-state index >= 15 is 0 Å². The van der Waals surface area contributed by atoms with Gasteiger partial charge in [0.15, 0.2) is 5.11 Å². The van der Waals surface area contributed by atoms with Gasteiger partial charge in [0.25, 0.3) is 0 Å². The van der Waals surface area contributed by atoms with E-state index in [0.29, 0.717) is 0 Å². The van der Waals surface area contributed by atoms with Crippen LogP contribution in [0.1, 0.15) is 18.5 Å². The fourth-order valence-electron chi connectivity index (χ4n) is 1.20. The predicted molar refractivity (Wildman–Crippen MR) is 62.1 cm³/mol. The van der Waals surface area contributed by atoms with Crippen molar-refractivity contribution in [3.05, 3.63) is 30.1 Å². The van der Waals surface area contributed by atoms with Crippen LogP contribution in [0.25, 0.3) is 0 Å². The molecule has 1 atom stereocenters. The Morgan fingerprint density at radius 1 is 1.64 bits per heavy atom. The van der Waals surface area contributed by atoms with E-state index in [0.717, 1.165) is 10.7 Å². The highest BCUT2D eigenvalue weighted by Gasteiger charge is 2.12. The fourth-order valence-corrected chi connectivity index (χ4v) is 1.36. The van der Waals surface area contributed by atoms with Gasteiger partial charge in [0.05, 0.1) is 6.04 Å². The van der Waals surface area contributed by atoms with Crippen molar-refractivity contribution in [2.45, 2.75) is 13.0 Å². The molecule has 4 heteroatoms. The van der Waals surface area contributed by atoms with E-state index in [4.69, 9.17) is 12.2 Å². The number of thiocarbonyl (C=S) groups is 1. The first-order valence-electron chi connectivity index (χ1n) is 4.51. The van der Waals surface area contributed by atoms with Gasteiger partial charge in [0.2, 0.25) is 0 Å². The largest absolute Gasteiger partial charge is 0.366 e. The molecule has 0 aromatic carbocycles. The Morgan fingerprint density at radius 3 is 2.86 bits per heavy atom. The normalized spacial score (nSPS) is 11.9. The van der Waals surface area contributed by atoms with Gasteiger partial charge in [0, 0.05) is 26.5 Å². The summed E-state index contributed by atoms with van der Waals surface area (Å²) in [5.74, 6) is 0. The number of nitrogens with one attached hydrogen (secondary N) is 1. The summed E-state index contributed by atoms with van der Waals surface area (Å²) >= 11 is 5.15. The van der Waals surface area contributed by atoms with E-state index in [9.17, 15) is 0 Å². The second kappa shape index (κ2) is 4.91. The maximum Gasteiger partial charge on any atom is 0.168 e. The zero-order valence-electron chi connectivity index (χ0n) is 8.69. The van der Waals surface area contributed by atoms with Gasteiger partial charge >= 0.3 is 0 Å². The Labute approximate surface area is 90.1 Å². The first kappa shape index (κ1) is 10.9. The molecule has 1 heterocycles. The number of nitrogens with zero attached hydrogens (tertiary/aromatic N) is 2. The molecule has 1 unspecified atom stereocenters. The molecular weight excluding hydrogens is 194 g/mol. The number of hydrogen-bond acceptors (Lipinski definition) is 2. The van der Waals surface area contributed by atoms with Crippen molar-refractivity contribution in [3.63, 3.8) is 0 Å². The molecule has 0 aliphatic carbocycles. The Kier molecular flexibility index (Phi) is 3.83. The van der Waals surface area contributed by atoms with Crippen molar-refractivity contribution in [3.8, 4) is 0 Å². The molecule has 1 rings (SSSR count). The summed E-state index contributed by atoms with van der Waals surface area (Å²) in [6.07, 6.45) is 3.63.